The van der Waals surface area contributed by atoms with Crippen LogP contribution >= 0.6 is 0 Å². The Morgan fingerprint density at radius 1 is 1.10 bits per heavy atom. The number of carbonyl (C=O) groups is 1. The van der Waals surface area contributed by atoms with Crippen molar-refractivity contribution in [2.24, 2.45) is 5.73 Å². The first kappa shape index (κ1) is 14.3. The lowest BCUT2D eigenvalue weighted by Gasteiger charge is -2.10. The molecule has 2 aromatic rings. The number of aryl methyl sites for hydroxylation is 1. The lowest BCUT2D eigenvalue weighted by atomic mass is 10.0. The SMILES string of the molecule is Cc1cccc(C(=O)NCc2cccc(CN)c2)c1C. The van der Waals surface area contributed by atoms with Crippen LogP contribution in [0, 0.1) is 13.8 Å². The first-order valence-electron chi connectivity index (χ1n) is 6.74. The summed E-state index contributed by atoms with van der Waals surface area (Å²) in [7, 11) is 0. The topological polar surface area (TPSA) is 55.1 Å². The molecule has 0 radical (unpaired) electrons. The highest BCUT2D eigenvalue weighted by Crippen LogP contribution is 2.13. The van der Waals surface area contributed by atoms with Gasteiger partial charge in [-0.15, -0.1) is 0 Å². The highest BCUT2D eigenvalue weighted by atomic mass is 16.1. The summed E-state index contributed by atoms with van der Waals surface area (Å²) in [6.45, 7) is 5.01. The van der Waals surface area contributed by atoms with Gasteiger partial charge < -0.3 is 11.1 Å². The molecule has 2 rings (SSSR count). The van der Waals surface area contributed by atoms with Crippen molar-refractivity contribution < 1.29 is 4.79 Å². The Kier molecular flexibility index (Phi) is 4.53. The molecule has 3 N–H and O–H groups in total. The van der Waals surface area contributed by atoms with Crippen molar-refractivity contribution in [1.29, 1.82) is 0 Å². The van der Waals surface area contributed by atoms with Gasteiger partial charge in [0.2, 0.25) is 0 Å². The van der Waals surface area contributed by atoms with Gasteiger partial charge in [-0.05, 0) is 42.2 Å². The molecule has 0 fully saturated rings. The predicted octanol–water partition coefficient (Wildman–Crippen LogP) is 2.69. The summed E-state index contributed by atoms with van der Waals surface area (Å²) in [5, 5.41) is 2.95. The van der Waals surface area contributed by atoms with Crippen LogP contribution in [-0.4, -0.2) is 5.91 Å². The number of nitrogens with one attached hydrogen (secondary N) is 1. The van der Waals surface area contributed by atoms with E-state index in [1.807, 2.05) is 56.3 Å². The van der Waals surface area contributed by atoms with Gasteiger partial charge in [-0.3, -0.25) is 4.79 Å². The molecular weight excluding hydrogens is 248 g/mol. The Morgan fingerprint density at radius 3 is 2.55 bits per heavy atom. The van der Waals surface area contributed by atoms with E-state index < -0.39 is 0 Å². The monoisotopic (exact) mass is 268 g/mol. The Bertz CT molecular complexity index is 620. The van der Waals surface area contributed by atoms with Gasteiger partial charge in [0.15, 0.2) is 0 Å². The molecule has 0 aromatic heterocycles. The summed E-state index contributed by atoms with van der Waals surface area (Å²) in [5.74, 6) is -0.0376. The van der Waals surface area contributed by atoms with Crippen molar-refractivity contribution >= 4 is 5.91 Å². The molecule has 0 atom stereocenters. The third-order valence-electron chi connectivity index (χ3n) is 3.53. The molecule has 3 nitrogen and oxygen atoms in total. The van der Waals surface area contributed by atoms with E-state index in [1.165, 1.54) is 0 Å². The van der Waals surface area contributed by atoms with Crippen LogP contribution < -0.4 is 11.1 Å². The summed E-state index contributed by atoms with van der Waals surface area (Å²) in [6, 6.07) is 13.7. The highest BCUT2D eigenvalue weighted by molar-refractivity contribution is 5.95. The molecule has 0 aliphatic carbocycles. The molecule has 3 heteroatoms. The molecule has 1 amide bonds. The van der Waals surface area contributed by atoms with Crippen LogP contribution in [0.25, 0.3) is 0 Å². The van der Waals surface area contributed by atoms with Crippen molar-refractivity contribution in [3.8, 4) is 0 Å². The molecule has 0 aliphatic heterocycles. The number of hydrogen-bond donors (Lipinski definition) is 2. The van der Waals surface area contributed by atoms with Gasteiger partial charge in [0, 0.05) is 18.7 Å². The Morgan fingerprint density at radius 2 is 1.80 bits per heavy atom. The Hall–Kier alpha value is -2.13. The smallest absolute Gasteiger partial charge is 0.251 e. The molecule has 0 saturated carbocycles. The minimum absolute atomic E-state index is 0.0376. The molecule has 2 aromatic carbocycles. The van der Waals surface area contributed by atoms with E-state index in [0.29, 0.717) is 13.1 Å². The minimum atomic E-state index is -0.0376. The first-order valence-corrected chi connectivity index (χ1v) is 6.74. The largest absolute Gasteiger partial charge is 0.348 e. The number of benzene rings is 2. The zero-order valence-electron chi connectivity index (χ0n) is 11.9. The van der Waals surface area contributed by atoms with E-state index in [1.54, 1.807) is 0 Å². The summed E-state index contributed by atoms with van der Waals surface area (Å²) in [6.07, 6.45) is 0. The standard InChI is InChI=1S/C17H20N2O/c1-12-5-3-8-16(13(12)2)17(20)19-11-15-7-4-6-14(9-15)10-18/h3-9H,10-11,18H2,1-2H3,(H,19,20). The third-order valence-corrected chi connectivity index (χ3v) is 3.53. The minimum Gasteiger partial charge on any atom is -0.348 e. The van der Waals surface area contributed by atoms with Gasteiger partial charge in [0.05, 0.1) is 0 Å². The number of amides is 1. The van der Waals surface area contributed by atoms with E-state index in [9.17, 15) is 4.79 Å². The summed E-state index contributed by atoms with van der Waals surface area (Å²) >= 11 is 0. The molecule has 104 valence electrons. The van der Waals surface area contributed by atoms with E-state index in [2.05, 4.69) is 5.32 Å². The predicted molar refractivity (Wildman–Crippen MR) is 81.4 cm³/mol. The second-order valence-corrected chi connectivity index (χ2v) is 4.95. The van der Waals surface area contributed by atoms with E-state index in [0.717, 1.165) is 27.8 Å². The number of hydrogen-bond acceptors (Lipinski definition) is 2. The van der Waals surface area contributed by atoms with Crippen LogP contribution in [0.2, 0.25) is 0 Å². The van der Waals surface area contributed by atoms with Gasteiger partial charge in [-0.2, -0.15) is 0 Å². The maximum Gasteiger partial charge on any atom is 0.251 e. The maximum absolute atomic E-state index is 12.2. The van der Waals surface area contributed by atoms with Gasteiger partial charge in [0.1, 0.15) is 0 Å². The number of rotatable bonds is 4. The molecule has 20 heavy (non-hydrogen) atoms. The summed E-state index contributed by atoms with van der Waals surface area (Å²) in [4.78, 5) is 12.2. The van der Waals surface area contributed by atoms with Gasteiger partial charge in [-0.1, -0.05) is 36.4 Å². The maximum atomic E-state index is 12.2. The fourth-order valence-corrected chi connectivity index (χ4v) is 2.14. The number of nitrogens with two attached hydrogens (primary N) is 1. The highest BCUT2D eigenvalue weighted by Gasteiger charge is 2.09. The van der Waals surface area contributed by atoms with E-state index in [4.69, 9.17) is 5.73 Å². The molecule has 0 bridgehead atoms. The average Bonchev–Trinajstić information content (AvgIpc) is 2.48. The third kappa shape index (κ3) is 3.25. The van der Waals surface area contributed by atoms with Crippen molar-refractivity contribution in [3.63, 3.8) is 0 Å². The average molecular weight is 268 g/mol. The fraction of sp³-hybridized carbons (Fsp3) is 0.235. The van der Waals surface area contributed by atoms with E-state index >= 15 is 0 Å². The van der Waals surface area contributed by atoms with E-state index in [-0.39, 0.29) is 5.91 Å². The van der Waals surface area contributed by atoms with Crippen LogP contribution in [0.5, 0.6) is 0 Å². The first-order chi connectivity index (χ1) is 9.61. The summed E-state index contributed by atoms with van der Waals surface area (Å²) < 4.78 is 0. The molecule has 0 heterocycles. The van der Waals surface area contributed by atoms with Gasteiger partial charge in [-0.25, -0.2) is 0 Å². The molecule has 0 saturated heterocycles. The van der Waals surface area contributed by atoms with Crippen molar-refractivity contribution in [2.45, 2.75) is 26.9 Å². The fourth-order valence-electron chi connectivity index (χ4n) is 2.14. The van der Waals surface area contributed by atoms with Crippen LogP contribution in [-0.2, 0) is 13.1 Å². The lowest BCUT2D eigenvalue weighted by Crippen LogP contribution is -2.23. The van der Waals surface area contributed by atoms with Crippen molar-refractivity contribution in [3.05, 3.63) is 70.3 Å². The zero-order valence-corrected chi connectivity index (χ0v) is 11.9. The lowest BCUT2D eigenvalue weighted by molar-refractivity contribution is 0.0950. The van der Waals surface area contributed by atoms with Crippen molar-refractivity contribution in [2.75, 3.05) is 0 Å². The second-order valence-electron chi connectivity index (χ2n) is 4.95. The Labute approximate surface area is 119 Å². The summed E-state index contributed by atoms with van der Waals surface area (Å²) in [5.41, 5.74) is 10.6. The Balaban J connectivity index is 2.06. The molecular formula is C17H20N2O. The molecule has 0 spiro atoms. The van der Waals surface area contributed by atoms with Crippen LogP contribution in [0.3, 0.4) is 0 Å². The van der Waals surface area contributed by atoms with Crippen molar-refractivity contribution in [1.82, 2.24) is 5.32 Å². The van der Waals surface area contributed by atoms with Crippen LogP contribution in [0.15, 0.2) is 42.5 Å². The van der Waals surface area contributed by atoms with Crippen LogP contribution in [0.4, 0.5) is 0 Å². The van der Waals surface area contributed by atoms with Gasteiger partial charge in [0.25, 0.3) is 5.91 Å². The number of carbonyl (C=O) groups excluding carboxylic acids is 1. The second kappa shape index (κ2) is 6.35. The van der Waals surface area contributed by atoms with Gasteiger partial charge >= 0.3 is 0 Å². The quantitative estimate of drug-likeness (QED) is 0.895. The normalized spacial score (nSPS) is 10.3. The van der Waals surface area contributed by atoms with Crippen LogP contribution in [0.1, 0.15) is 32.6 Å². The molecule has 0 aliphatic rings. The molecule has 0 unspecified atom stereocenters. The zero-order chi connectivity index (χ0) is 14.5.